The number of hydrogen-bond donors (Lipinski definition) is 0. The Morgan fingerprint density at radius 3 is 2.76 bits per heavy atom. The molecule has 0 amide bonds. The van der Waals surface area contributed by atoms with Crippen molar-refractivity contribution in [3.63, 3.8) is 0 Å². The standard InChI is InChI=1S/C19H26SSi/c1-5-6-8-15-11-12-16(13-15)19-14(2)20(21(3)4)18-10-7-9-17(18)19/h7,9-14,16H,5-6,8H2,1-4H3. The molecule has 21 heavy (non-hydrogen) atoms. The third-order valence-corrected chi connectivity index (χ3v) is 11.7. The van der Waals surface area contributed by atoms with Gasteiger partial charge in [0.2, 0.25) is 0 Å². The van der Waals surface area contributed by atoms with E-state index >= 15 is 0 Å². The van der Waals surface area contributed by atoms with E-state index in [9.17, 15) is 0 Å². The van der Waals surface area contributed by atoms with Crippen LogP contribution in [0.2, 0.25) is 13.1 Å². The minimum absolute atomic E-state index is 0.269. The molecule has 0 aromatic carbocycles. The normalized spacial score (nSPS) is 30.0. The molecule has 1 heterocycles. The number of unbranched alkanes of at least 4 members (excludes halogenated alkanes) is 1. The van der Waals surface area contributed by atoms with Crippen molar-refractivity contribution >= 4 is 17.4 Å². The smallest absolute Gasteiger partial charge is 0.0424 e. The maximum Gasteiger partial charge on any atom is 0.0424 e. The van der Waals surface area contributed by atoms with Crippen molar-refractivity contribution in [3.05, 3.63) is 58.1 Å². The molecule has 3 atom stereocenters. The van der Waals surface area contributed by atoms with Gasteiger partial charge in [-0.25, -0.2) is 0 Å². The zero-order valence-electron chi connectivity index (χ0n) is 13.6. The van der Waals surface area contributed by atoms with Crippen molar-refractivity contribution in [2.45, 2.75) is 51.5 Å². The Kier molecular flexibility index (Phi) is 4.46. The molecule has 0 nitrogen and oxygen atoms in total. The third-order valence-electron chi connectivity index (χ3n) is 4.64. The van der Waals surface area contributed by atoms with Crippen molar-refractivity contribution < 1.29 is 0 Å². The van der Waals surface area contributed by atoms with Gasteiger partial charge in [-0.1, -0.05) is 69.3 Å². The summed E-state index contributed by atoms with van der Waals surface area (Å²) in [4.78, 5) is 1.67. The Bertz CT molecular complexity index is 636. The summed E-state index contributed by atoms with van der Waals surface area (Å²) < 4.78 is 0. The molecule has 0 bridgehead atoms. The van der Waals surface area contributed by atoms with Gasteiger partial charge >= 0.3 is 0 Å². The fourth-order valence-corrected chi connectivity index (χ4v) is 10.8. The Labute approximate surface area is 133 Å². The highest BCUT2D eigenvalue weighted by molar-refractivity contribution is 8.25. The number of rotatable bonds is 4. The maximum absolute atomic E-state index is 2.53. The van der Waals surface area contributed by atoms with Crippen LogP contribution in [0.15, 0.2) is 58.1 Å². The van der Waals surface area contributed by atoms with Crippen LogP contribution in [0.1, 0.15) is 33.1 Å². The molecule has 0 N–H and O–H groups in total. The molecule has 1 aliphatic heterocycles. The molecule has 2 heteroatoms. The lowest BCUT2D eigenvalue weighted by Gasteiger charge is -2.18. The van der Waals surface area contributed by atoms with Crippen LogP contribution in [0.25, 0.3) is 0 Å². The van der Waals surface area contributed by atoms with E-state index in [1.807, 2.05) is 0 Å². The fraction of sp³-hybridized carbons (Fsp3) is 0.474. The van der Waals surface area contributed by atoms with Crippen molar-refractivity contribution in [1.29, 1.82) is 0 Å². The Balaban J connectivity index is 1.93. The van der Waals surface area contributed by atoms with Gasteiger partial charge in [0.05, 0.1) is 0 Å². The zero-order valence-corrected chi connectivity index (χ0v) is 15.5. The molecular weight excluding hydrogens is 288 g/mol. The molecule has 0 saturated carbocycles. The van der Waals surface area contributed by atoms with Gasteiger partial charge in [0.15, 0.2) is 0 Å². The second kappa shape index (κ2) is 6.17. The van der Waals surface area contributed by atoms with E-state index in [-0.39, 0.29) is 7.50 Å². The van der Waals surface area contributed by atoms with E-state index < -0.39 is 0 Å². The highest BCUT2D eigenvalue weighted by Crippen LogP contribution is 2.53. The zero-order chi connectivity index (χ0) is 15.0. The summed E-state index contributed by atoms with van der Waals surface area (Å²) in [6, 6.07) is 0. The molecule has 0 aromatic rings. The minimum atomic E-state index is -0.269. The first kappa shape index (κ1) is 15.2. The van der Waals surface area contributed by atoms with Crippen molar-refractivity contribution in [2.75, 3.05) is 0 Å². The van der Waals surface area contributed by atoms with Gasteiger partial charge in [-0.2, -0.15) is 9.89 Å². The summed E-state index contributed by atoms with van der Waals surface area (Å²) in [6.07, 6.45) is 18.2. The fourth-order valence-electron chi connectivity index (χ4n) is 3.70. The highest BCUT2D eigenvalue weighted by Gasteiger charge is 2.34. The molecule has 0 aromatic heterocycles. The van der Waals surface area contributed by atoms with E-state index in [1.54, 1.807) is 21.6 Å². The molecule has 3 rings (SSSR count). The third kappa shape index (κ3) is 2.68. The summed E-state index contributed by atoms with van der Waals surface area (Å²) in [7, 11) is 0.222. The molecule has 0 saturated heterocycles. The maximum atomic E-state index is 2.53. The molecule has 0 radical (unpaired) electrons. The van der Waals surface area contributed by atoms with Crippen LogP contribution in [0.5, 0.6) is 0 Å². The summed E-state index contributed by atoms with van der Waals surface area (Å²) in [5, 5.41) is 0.747. The predicted molar refractivity (Wildman–Crippen MR) is 99.0 cm³/mol. The van der Waals surface area contributed by atoms with Crippen LogP contribution in [0.4, 0.5) is 0 Å². The average molecular weight is 315 g/mol. The van der Waals surface area contributed by atoms with Crippen molar-refractivity contribution in [3.8, 4) is 0 Å². The summed E-state index contributed by atoms with van der Waals surface area (Å²) in [5.74, 6) is 0.562. The predicted octanol–water partition coefficient (Wildman–Crippen LogP) is 5.96. The number of hydrogen-bond acceptors (Lipinski definition) is 0. The highest BCUT2D eigenvalue weighted by atomic mass is 32.3. The van der Waals surface area contributed by atoms with E-state index in [0.29, 0.717) is 15.8 Å². The molecule has 2 aliphatic carbocycles. The van der Waals surface area contributed by atoms with Crippen molar-refractivity contribution in [2.24, 2.45) is 5.92 Å². The van der Waals surface area contributed by atoms with Gasteiger partial charge in [0.1, 0.15) is 0 Å². The van der Waals surface area contributed by atoms with Gasteiger partial charge < -0.3 is 0 Å². The molecule has 0 fully saturated rings. The second-order valence-corrected chi connectivity index (χ2v) is 13.8. The van der Waals surface area contributed by atoms with Crippen LogP contribution in [-0.4, -0.2) is 12.8 Å². The van der Waals surface area contributed by atoms with Crippen LogP contribution >= 0.6 is 9.89 Å². The lowest BCUT2D eigenvalue weighted by atomic mass is 9.93. The SMILES string of the molecule is CCCCC1=CC(C2=C3C=CC=C3S(=[Si](C)C)C2C)C=C1. The topological polar surface area (TPSA) is 0 Å². The van der Waals surface area contributed by atoms with Gasteiger partial charge in [-0.15, -0.1) is 0 Å². The molecule has 0 spiro atoms. The Hall–Kier alpha value is -0.733. The van der Waals surface area contributed by atoms with Crippen LogP contribution in [0.3, 0.4) is 0 Å². The largest absolute Gasteiger partial charge is 0.175 e. The van der Waals surface area contributed by atoms with E-state index in [2.05, 4.69) is 63.4 Å². The lowest BCUT2D eigenvalue weighted by Crippen LogP contribution is -2.08. The van der Waals surface area contributed by atoms with Crippen LogP contribution < -0.4 is 0 Å². The summed E-state index contributed by atoms with van der Waals surface area (Å²) >= 11 is 0. The van der Waals surface area contributed by atoms with Gasteiger partial charge in [0, 0.05) is 23.6 Å². The minimum Gasteiger partial charge on any atom is -0.175 e. The second-order valence-electron chi connectivity index (χ2n) is 6.38. The van der Waals surface area contributed by atoms with Crippen molar-refractivity contribution in [1.82, 2.24) is 0 Å². The van der Waals surface area contributed by atoms with Gasteiger partial charge in [-0.05, 0) is 30.1 Å². The number of allylic oxidation sites excluding steroid dienone is 8. The van der Waals surface area contributed by atoms with Crippen LogP contribution in [0, 0.1) is 5.92 Å². The Morgan fingerprint density at radius 2 is 2.05 bits per heavy atom. The Morgan fingerprint density at radius 1 is 1.24 bits per heavy atom. The van der Waals surface area contributed by atoms with Gasteiger partial charge in [0.25, 0.3) is 0 Å². The monoisotopic (exact) mass is 314 g/mol. The summed E-state index contributed by atoms with van der Waals surface area (Å²) in [5.41, 5.74) is 4.84. The van der Waals surface area contributed by atoms with Crippen LogP contribution in [-0.2, 0) is 0 Å². The summed E-state index contributed by atoms with van der Waals surface area (Å²) in [6.45, 7) is 9.72. The lowest BCUT2D eigenvalue weighted by molar-refractivity contribution is 0.795. The van der Waals surface area contributed by atoms with Gasteiger partial charge in [-0.3, -0.25) is 0 Å². The first-order valence-electron chi connectivity index (χ1n) is 8.18. The first-order valence-corrected chi connectivity index (χ1v) is 12.7. The first-order chi connectivity index (χ1) is 10.1. The van der Waals surface area contributed by atoms with E-state index in [4.69, 9.17) is 0 Å². The van der Waals surface area contributed by atoms with E-state index in [1.165, 1.54) is 19.3 Å². The molecule has 3 unspecified atom stereocenters. The number of fused-ring (bicyclic) bond motifs is 1. The molecule has 112 valence electrons. The molecular formula is C19H26SSi. The average Bonchev–Trinajstić information content (AvgIpc) is 3.11. The molecule has 3 aliphatic rings. The van der Waals surface area contributed by atoms with E-state index in [0.717, 1.165) is 5.25 Å². The quantitative estimate of drug-likeness (QED) is 0.561.